The number of para-hydroxylation sites is 1. The Morgan fingerprint density at radius 2 is 2.00 bits per heavy atom. The lowest BCUT2D eigenvalue weighted by Crippen LogP contribution is -2.22. The van der Waals surface area contributed by atoms with Gasteiger partial charge in [0.2, 0.25) is 0 Å². The number of carbonyl (C=O) groups is 1. The number of rotatable bonds is 3. The first-order chi connectivity index (χ1) is 14.5. The van der Waals surface area contributed by atoms with E-state index in [9.17, 15) is 4.79 Å². The van der Waals surface area contributed by atoms with Crippen LogP contribution in [-0.2, 0) is 0 Å². The lowest BCUT2D eigenvalue weighted by Gasteiger charge is -2.14. The number of amides is 1. The van der Waals surface area contributed by atoms with E-state index < -0.39 is 0 Å². The molecule has 0 saturated heterocycles. The molecule has 0 radical (unpaired) electrons. The number of fused-ring (bicyclic) bond motifs is 2. The van der Waals surface area contributed by atoms with Gasteiger partial charge in [0.15, 0.2) is 11.5 Å². The molecule has 1 amide bonds. The van der Waals surface area contributed by atoms with Crippen LogP contribution in [0.4, 0.5) is 0 Å². The molecule has 0 aliphatic rings. The average Bonchev–Trinajstić information content (AvgIpc) is 3.42. The number of hydrogen-bond acceptors (Lipinski definition) is 6. The van der Waals surface area contributed by atoms with E-state index in [-0.39, 0.29) is 5.91 Å². The molecular formula is C21H18N8O. The van der Waals surface area contributed by atoms with Crippen LogP contribution in [0.5, 0.6) is 0 Å². The second-order valence-corrected chi connectivity index (χ2v) is 7.22. The smallest absolute Gasteiger partial charge is 0.254 e. The van der Waals surface area contributed by atoms with Crippen LogP contribution >= 0.6 is 0 Å². The monoisotopic (exact) mass is 398 g/mol. The van der Waals surface area contributed by atoms with Crippen molar-refractivity contribution >= 4 is 22.5 Å². The third-order valence-electron chi connectivity index (χ3n) is 4.94. The van der Waals surface area contributed by atoms with Gasteiger partial charge in [-0.1, -0.05) is 18.2 Å². The first-order valence-corrected chi connectivity index (χ1v) is 9.36. The zero-order valence-electron chi connectivity index (χ0n) is 16.7. The fourth-order valence-electron chi connectivity index (χ4n) is 3.38. The highest BCUT2D eigenvalue weighted by Gasteiger charge is 2.17. The molecule has 30 heavy (non-hydrogen) atoms. The summed E-state index contributed by atoms with van der Waals surface area (Å²) in [7, 11) is 3.49. The molecule has 0 spiro atoms. The fourth-order valence-corrected chi connectivity index (χ4v) is 3.38. The summed E-state index contributed by atoms with van der Waals surface area (Å²) in [5.41, 5.74) is 4.55. The lowest BCUT2D eigenvalue weighted by molar-refractivity contribution is 0.0829. The first kappa shape index (κ1) is 17.9. The molecule has 4 heterocycles. The summed E-state index contributed by atoms with van der Waals surface area (Å²) in [6.45, 7) is 1.99. The summed E-state index contributed by atoms with van der Waals surface area (Å²) < 4.78 is 3.24. The summed E-state index contributed by atoms with van der Waals surface area (Å²) >= 11 is 0. The molecule has 0 atom stereocenters. The second-order valence-electron chi connectivity index (χ2n) is 7.22. The van der Waals surface area contributed by atoms with Gasteiger partial charge in [0.1, 0.15) is 6.33 Å². The number of carbonyl (C=O) groups excluding carboxylic acids is 1. The highest BCUT2D eigenvalue weighted by atomic mass is 16.2. The van der Waals surface area contributed by atoms with Gasteiger partial charge in [-0.15, -0.1) is 15.3 Å². The Morgan fingerprint density at radius 1 is 1.13 bits per heavy atom. The number of aromatic nitrogens is 7. The Hall–Kier alpha value is -4.14. The number of aryl methyl sites for hydroxylation is 1. The van der Waals surface area contributed by atoms with Crippen molar-refractivity contribution in [1.82, 2.24) is 39.5 Å². The largest absolute Gasteiger partial charge is 0.345 e. The predicted octanol–water partition coefficient (Wildman–Crippen LogP) is 2.54. The fraction of sp³-hybridized carbons (Fsp3) is 0.143. The number of nitrogens with zero attached hydrogens (tertiary/aromatic N) is 8. The Labute approximate surface area is 171 Å². The molecule has 9 nitrogen and oxygen atoms in total. The molecule has 5 aromatic rings. The summed E-state index contributed by atoms with van der Waals surface area (Å²) in [6, 6.07) is 11.3. The van der Waals surface area contributed by atoms with Gasteiger partial charge in [-0.3, -0.25) is 4.79 Å². The summed E-state index contributed by atoms with van der Waals surface area (Å²) in [4.78, 5) is 19.2. The zero-order valence-corrected chi connectivity index (χ0v) is 16.7. The third-order valence-corrected chi connectivity index (χ3v) is 4.94. The van der Waals surface area contributed by atoms with Crippen molar-refractivity contribution in [3.05, 3.63) is 66.2 Å². The van der Waals surface area contributed by atoms with Crippen LogP contribution in [-0.4, -0.2) is 59.5 Å². The number of hydrogen-bond donors (Lipinski definition) is 0. The molecule has 0 N–H and O–H groups in total. The van der Waals surface area contributed by atoms with Gasteiger partial charge >= 0.3 is 0 Å². The van der Waals surface area contributed by atoms with E-state index >= 15 is 0 Å². The minimum Gasteiger partial charge on any atom is -0.345 e. The Morgan fingerprint density at radius 3 is 2.83 bits per heavy atom. The highest BCUT2D eigenvalue weighted by molar-refractivity contribution is 6.07. The molecule has 0 fully saturated rings. The molecule has 0 saturated carbocycles. The first-order valence-electron chi connectivity index (χ1n) is 9.36. The van der Waals surface area contributed by atoms with Crippen LogP contribution in [0.2, 0.25) is 0 Å². The number of benzene rings is 1. The predicted molar refractivity (Wildman–Crippen MR) is 111 cm³/mol. The molecule has 0 bridgehead atoms. The van der Waals surface area contributed by atoms with E-state index in [4.69, 9.17) is 4.98 Å². The molecule has 1 aromatic carbocycles. The van der Waals surface area contributed by atoms with Crippen LogP contribution in [0.3, 0.4) is 0 Å². The van der Waals surface area contributed by atoms with E-state index in [1.165, 1.54) is 6.33 Å². The molecule has 148 valence electrons. The molecule has 4 aromatic heterocycles. The second kappa shape index (κ2) is 6.73. The Balaban J connectivity index is 1.64. The zero-order chi connectivity index (χ0) is 20.8. The minimum absolute atomic E-state index is 0.0682. The van der Waals surface area contributed by atoms with E-state index in [2.05, 4.69) is 20.4 Å². The van der Waals surface area contributed by atoms with Crippen molar-refractivity contribution in [2.75, 3.05) is 14.1 Å². The Kier molecular flexibility index (Phi) is 4.02. The molecule has 0 aliphatic carbocycles. The van der Waals surface area contributed by atoms with Crippen molar-refractivity contribution in [2.45, 2.75) is 6.92 Å². The van der Waals surface area contributed by atoms with Gasteiger partial charge in [0.05, 0.1) is 23.0 Å². The van der Waals surface area contributed by atoms with Crippen LogP contribution < -0.4 is 0 Å². The summed E-state index contributed by atoms with van der Waals surface area (Å²) in [5, 5.41) is 17.5. The topological polar surface area (TPSA) is 94.1 Å². The highest BCUT2D eigenvalue weighted by Crippen LogP contribution is 2.27. The van der Waals surface area contributed by atoms with Gasteiger partial charge in [0, 0.05) is 31.2 Å². The van der Waals surface area contributed by atoms with Crippen LogP contribution in [0.1, 0.15) is 15.9 Å². The van der Waals surface area contributed by atoms with Crippen molar-refractivity contribution in [3.63, 3.8) is 0 Å². The number of pyridine rings is 1. The quantitative estimate of drug-likeness (QED) is 0.464. The maximum absolute atomic E-state index is 12.8. The van der Waals surface area contributed by atoms with Gasteiger partial charge in [-0.05, 0) is 30.7 Å². The van der Waals surface area contributed by atoms with Gasteiger partial charge in [0.25, 0.3) is 5.91 Å². The van der Waals surface area contributed by atoms with Crippen molar-refractivity contribution in [2.24, 2.45) is 0 Å². The molecule has 0 aliphatic heterocycles. The minimum atomic E-state index is -0.0682. The van der Waals surface area contributed by atoms with E-state index in [0.29, 0.717) is 22.7 Å². The van der Waals surface area contributed by atoms with Crippen molar-refractivity contribution in [1.29, 1.82) is 0 Å². The van der Waals surface area contributed by atoms with Crippen molar-refractivity contribution in [3.8, 4) is 17.1 Å². The summed E-state index contributed by atoms with van der Waals surface area (Å²) in [5.74, 6) is 0.552. The standard InChI is InChI=1S/C21H18N8O/c1-13-5-4-6-15-16(21(30)27(2)3)9-17(24-20(13)15)14-10-23-28(11-14)19-8-7-18-25-22-12-29(18)26-19/h4-12H,1-3H3. The average molecular weight is 398 g/mol. The van der Waals surface area contributed by atoms with Crippen molar-refractivity contribution < 1.29 is 4.79 Å². The van der Waals surface area contributed by atoms with Crippen LogP contribution in [0.25, 0.3) is 33.6 Å². The molecule has 9 heteroatoms. The van der Waals surface area contributed by atoms with Crippen LogP contribution in [0.15, 0.2) is 55.1 Å². The SMILES string of the molecule is Cc1cccc2c(C(=O)N(C)C)cc(-c3cnn(-c4ccc5nncn5n4)c3)nc12. The lowest BCUT2D eigenvalue weighted by atomic mass is 10.0. The van der Waals surface area contributed by atoms with Crippen LogP contribution in [0, 0.1) is 6.92 Å². The maximum atomic E-state index is 12.8. The maximum Gasteiger partial charge on any atom is 0.254 e. The Bertz CT molecular complexity index is 1420. The van der Waals surface area contributed by atoms with E-state index in [1.807, 2.05) is 49.5 Å². The van der Waals surface area contributed by atoms with Gasteiger partial charge in [-0.2, -0.15) is 9.61 Å². The van der Waals surface area contributed by atoms with E-state index in [0.717, 1.165) is 22.0 Å². The molecule has 5 rings (SSSR count). The third kappa shape index (κ3) is 2.87. The molecule has 0 unspecified atom stereocenters. The van der Waals surface area contributed by atoms with E-state index in [1.54, 1.807) is 34.4 Å². The summed E-state index contributed by atoms with van der Waals surface area (Å²) in [6.07, 6.45) is 5.10. The normalized spacial score (nSPS) is 11.3. The van der Waals surface area contributed by atoms with Gasteiger partial charge in [-0.25, -0.2) is 9.67 Å². The molecular weight excluding hydrogens is 380 g/mol. The van der Waals surface area contributed by atoms with Gasteiger partial charge < -0.3 is 4.90 Å².